The highest BCUT2D eigenvalue weighted by atomic mass is 16.5. The van der Waals surface area contributed by atoms with Crippen LogP contribution in [0.15, 0.2) is 48.5 Å². The fourth-order valence-electron chi connectivity index (χ4n) is 2.63. The van der Waals surface area contributed by atoms with Gasteiger partial charge in [-0.25, -0.2) is 0 Å². The first kappa shape index (κ1) is 16.3. The van der Waals surface area contributed by atoms with E-state index in [-0.39, 0.29) is 17.8 Å². The van der Waals surface area contributed by atoms with Crippen molar-refractivity contribution >= 4 is 5.91 Å². The second-order valence-electron chi connectivity index (χ2n) is 5.79. The largest absolute Gasteiger partial charge is 0.508 e. The van der Waals surface area contributed by atoms with Crippen molar-refractivity contribution in [3.8, 4) is 11.5 Å². The van der Waals surface area contributed by atoms with Gasteiger partial charge in [-0.2, -0.15) is 0 Å². The monoisotopic (exact) mass is 327 g/mol. The van der Waals surface area contributed by atoms with Gasteiger partial charge in [0.15, 0.2) is 0 Å². The molecular weight excluding hydrogens is 306 g/mol. The van der Waals surface area contributed by atoms with E-state index >= 15 is 0 Å². The van der Waals surface area contributed by atoms with E-state index in [1.807, 2.05) is 12.1 Å². The lowest BCUT2D eigenvalue weighted by molar-refractivity contribution is 0.0670. The SMILES string of the molecule is O=C(NCc1ccc(O)cc1)c1ccccc1OCC1CCCO1. The highest BCUT2D eigenvalue weighted by molar-refractivity contribution is 5.96. The average Bonchev–Trinajstić information content (AvgIpc) is 3.13. The molecule has 5 heteroatoms. The molecule has 0 bridgehead atoms. The first-order chi connectivity index (χ1) is 11.7. The Hall–Kier alpha value is -2.53. The van der Waals surface area contributed by atoms with Crippen LogP contribution < -0.4 is 10.1 Å². The summed E-state index contributed by atoms with van der Waals surface area (Å²) >= 11 is 0. The number of nitrogens with one attached hydrogen (secondary N) is 1. The topological polar surface area (TPSA) is 67.8 Å². The highest BCUT2D eigenvalue weighted by Crippen LogP contribution is 2.20. The minimum Gasteiger partial charge on any atom is -0.508 e. The van der Waals surface area contributed by atoms with Crippen molar-refractivity contribution in [2.75, 3.05) is 13.2 Å². The van der Waals surface area contributed by atoms with Gasteiger partial charge >= 0.3 is 0 Å². The molecule has 1 saturated heterocycles. The number of benzene rings is 2. The Morgan fingerprint density at radius 2 is 2.00 bits per heavy atom. The number of amides is 1. The number of phenolic OH excluding ortho intramolecular Hbond substituents is 1. The molecule has 2 N–H and O–H groups in total. The van der Waals surface area contributed by atoms with Gasteiger partial charge in [-0.05, 0) is 42.7 Å². The summed E-state index contributed by atoms with van der Waals surface area (Å²) in [6, 6.07) is 13.9. The molecule has 5 nitrogen and oxygen atoms in total. The van der Waals surface area contributed by atoms with E-state index in [2.05, 4.69) is 5.32 Å². The zero-order valence-corrected chi connectivity index (χ0v) is 13.4. The van der Waals surface area contributed by atoms with Crippen molar-refractivity contribution in [3.05, 3.63) is 59.7 Å². The third kappa shape index (κ3) is 4.26. The molecule has 0 spiro atoms. The molecule has 0 aromatic heterocycles. The summed E-state index contributed by atoms with van der Waals surface area (Å²) < 4.78 is 11.3. The number of aromatic hydroxyl groups is 1. The first-order valence-corrected chi connectivity index (χ1v) is 8.12. The molecular formula is C19H21NO4. The Balaban J connectivity index is 1.60. The summed E-state index contributed by atoms with van der Waals surface area (Å²) in [5, 5.41) is 12.2. The van der Waals surface area contributed by atoms with Crippen molar-refractivity contribution < 1.29 is 19.4 Å². The van der Waals surface area contributed by atoms with Gasteiger partial charge in [0.2, 0.25) is 0 Å². The summed E-state index contributed by atoms with van der Waals surface area (Å²) in [6.45, 7) is 1.63. The second kappa shape index (κ2) is 7.84. The maximum absolute atomic E-state index is 12.4. The highest BCUT2D eigenvalue weighted by Gasteiger charge is 2.18. The lowest BCUT2D eigenvalue weighted by Crippen LogP contribution is -2.24. The minimum atomic E-state index is -0.189. The van der Waals surface area contributed by atoms with Crippen molar-refractivity contribution in [1.29, 1.82) is 0 Å². The third-order valence-corrected chi connectivity index (χ3v) is 3.97. The first-order valence-electron chi connectivity index (χ1n) is 8.12. The molecule has 1 aliphatic heterocycles. The van der Waals surface area contributed by atoms with E-state index in [1.165, 1.54) is 0 Å². The molecule has 1 aliphatic rings. The standard InChI is InChI=1S/C19H21NO4/c21-15-9-7-14(8-10-15)12-20-19(22)17-5-1-2-6-18(17)24-13-16-4-3-11-23-16/h1-2,5-10,16,21H,3-4,11-13H2,(H,20,22). The molecule has 1 atom stereocenters. The van der Waals surface area contributed by atoms with Gasteiger partial charge in [-0.3, -0.25) is 4.79 Å². The van der Waals surface area contributed by atoms with Crippen molar-refractivity contribution in [2.45, 2.75) is 25.5 Å². The number of ether oxygens (including phenoxy) is 2. The van der Waals surface area contributed by atoms with E-state index in [1.54, 1.807) is 36.4 Å². The Morgan fingerprint density at radius 3 is 2.75 bits per heavy atom. The molecule has 1 unspecified atom stereocenters. The molecule has 24 heavy (non-hydrogen) atoms. The summed E-state index contributed by atoms with van der Waals surface area (Å²) in [5.41, 5.74) is 1.42. The van der Waals surface area contributed by atoms with Crippen LogP contribution in [-0.2, 0) is 11.3 Å². The molecule has 1 amide bonds. The number of hydrogen-bond acceptors (Lipinski definition) is 4. The lowest BCUT2D eigenvalue weighted by atomic mass is 10.1. The van der Waals surface area contributed by atoms with E-state index in [4.69, 9.17) is 9.47 Å². The number of carbonyl (C=O) groups is 1. The Bertz CT molecular complexity index is 678. The van der Waals surface area contributed by atoms with Crippen molar-refractivity contribution in [2.24, 2.45) is 0 Å². The van der Waals surface area contributed by atoms with E-state index in [0.29, 0.717) is 24.5 Å². The molecule has 0 radical (unpaired) electrons. The molecule has 1 fully saturated rings. The third-order valence-electron chi connectivity index (χ3n) is 3.97. The number of para-hydroxylation sites is 1. The fourth-order valence-corrected chi connectivity index (χ4v) is 2.63. The van der Waals surface area contributed by atoms with Gasteiger partial charge in [0.1, 0.15) is 18.1 Å². The molecule has 3 rings (SSSR count). The predicted octanol–water partition coefficient (Wildman–Crippen LogP) is 2.88. The average molecular weight is 327 g/mol. The van der Waals surface area contributed by atoms with Gasteiger partial charge in [0.25, 0.3) is 5.91 Å². The number of hydrogen-bond donors (Lipinski definition) is 2. The van der Waals surface area contributed by atoms with Crippen LogP contribution >= 0.6 is 0 Å². The van der Waals surface area contributed by atoms with Gasteiger partial charge < -0.3 is 19.9 Å². The van der Waals surface area contributed by atoms with E-state index in [9.17, 15) is 9.90 Å². The van der Waals surface area contributed by atoms with Crippen molar-refractivity contribution in [1.82, 2.24) is 5.32 Å². The van der Waals surface area contributed by atoms with Gasteiger partial charge in [0.05, 0.1) is 11.7 Å². The molecule has 2 aromatic rings. The van der Waals surface area contributed by atoms with Crippen LogP contribution in [0.4, 0.5) is 0 Å². The Morgan fingerprint density at radius 1 is 1.21 bits per heavy atom. The Labute approximate surface area is 141 Å². The quantitative estimate of drug-likeness (QED) is 0.856. The zero-order chi connectivity index (χ0) is 16.8. The minimum absolute atomic E-state index is 0.109. The van der Waals surface area contributed by atoms with Crippen LogP contribution in [-0.4, -0.2) is 30.3 Å². The second-order valence-corrected chi connectivity index (χ2v) is 5.79. The summed E-state index contributed by atoms with van der Waals surface area (Å²) in [4.78, 5) is 12.4. The molecule has 1 heterocycles. The number of rotatable bonds is 6. The maximum atomic E-state index is 12.4. The smallest absolute Gasteiger partial charge is 0.255 e. The zero-order valence-electron chi connectivity index (χ0n) is 13.4. The maximum Gasteiger partial charge on any atom is 0.255 e. The van der Waals surface area contributed by atoms with E-state index in [0.717, 1.165) is 25.0 Å². The van der Waals surface area contributed by atoms with Crippen LogP contribution in [0.3, 0.4) is 0 Å². The predicted molar refractivity (Wildman–Crippen MR) is 90.2 cm³/mol. The normalized spacial score (nSPS) is 16.8. The molecule has 2 aromatic carbocycles. The van der Waals surface area contributed by atoms with Crippen molar-refractivity contribution in [3.63, 3.8) is 0 Å². The summed E-state index contributed by atoms with van der Waals surface area (Å²) in [7, 11) is 0. The van der Waals surface area contributed by atoms with Gasteiger partial charge in [-0.15, -0.1) is 0 Å². The van der Waals surface area contributed by atoms with Crippen LogP contribution in [0.5, 0.6) is 11.5 Å². The molecule has 0 saturated carbocycles. The van der Waals surface area contributed by atoms with E-state index < -0.39 is 0 Å². The van der Waals surface area contributed by atoms with Gasteiger partial charge in [0, 0.05) is 13.2 Å². The molecule has 126 valence electrons. The van der Waals surface area contributed by atoms with Crippen LogP contribution in [0, 0.1) is 0 Å². The van der Waals surface area contributed by atoms with Crippen LogP contribution in [0.1, 0.15) is 28.8 Å². The fraction of sp³-hybridized carbons (Fsp3) is 0.316. The number of carbonyl (C=O) groups excluding carboxylic acids is 1. The summed E-state index contributed by atoms with van der Waals surface area (Å²) in [5.74, 6) is 0.583. The van der Waals surface area contributed by atoms with Crippen LogP contribution in [0.2, 0.25) is 0 Å². The molecule has 0 aliphatic carbocycles. The summed E-state index contributed by atoms with van der Waals surface area (Å²) in [6.07, 6.45) is 2.16. The number of phenols is 1. The van der Waals surface area contributed by atoms with Crippen LogP contribution in [0.25, 0.3) is 0 Å². The van der Waals surface area contributed by atoms with Gasteiger partial charge in [-0.1, -0.05) is 24.3 Å². The lowest BCUT2D eigenvalue weighted by Gasteiger charge is -2.14. The Kier molecular flexibility index (Phi) is 5.33.